The molecule has 0 amide bonds. The molecule has 48 valence electrons. The Morgan fingerprint density at radius 1 is 1.22 bits per heavy atom. The van der Waals surface area contributed by atoms with E-state index in [9.17, 15) is 0 Å². The van der Waals surface area contributed by atoms with Crippen molar-refractivity contribution in [3.05, 3.63) is 27.1 Å². The first-order valence-corrected chi connectivity index (χ1v) is 4.86. The fraction of sp³-hybridized carbons (Fsp3) is 0. The predicted octanol–water partition coefficient (Wildman–Crippen LogP) is 1.74. The topological polar surface area (TPSA) is 0 Å². The molecule has 0 nitrogen and oxygen atoms in total. The van der Waals surface area contributed by atoms with Crippen LogP contribution in [-0.2, 0) is 0 Å². The van der Waals surface area contributed by atoms with Gasteiger partial charge in [0.2, 0.25) is 0 Å². The van der Waals surface area contributed by atoms with Crippen molar-refractivity contribution in [2.45, 2.75) is 0 Å². The molecule has 9 heavy (non-hydrogen) atoms. The van der Waals surface area contributed by atoms with Gasteiger partial charge in [0.15, 0.2) is 0 Å². The molecular formula is C6H4Br2Se. The minimum absolute atomic E-state index is 1.11. The number of halogens is 2. The zero-order valence-electron chi connectivity index (χ0n) is 4.44. The summed E-state index contributed by atoms with van der Waals surface area (Å²) in [5, 5.41) is 0. The third-order valence-electron chi connectivity index (χ3n) is 0.908. The summed E-state index contributed by atoms with van der Waals surface area (Å²) in [5.74, 6) is 0. The zero-order valence-corrected chi connectivity index (χ0v) is 9.48. The van der Waals surface area contributed by atoms with Gasteiger partial charge in [0.25, 0.3) is 0 Å². The molecule has 0 N–H and O–H groups in total. The van der Waals surface area contributed by atoms with Gasteiger partial charge in [-0.1, -0.05) is 0 Å². The Morgan fingerprint density at radius 3 is 2.33 bits per heavy atom. The van der Waals surface area contributed by atoms with Gasteiger partial charge in [0.1, 0.15) is 0 Å². The van der Waals surface area contributed by atoms with E-state index in [0.29, 0.717) is 0 Å². The van der Waals surface area contributed by atoms with Crippen LogP contribution in [0.4, 0.5) is 0 Å². The van der Waals surface area contributed by atoms with Crippen LogP contribution in [0.25, 0.3) is 0 Å². The van der Waals surface area contributed by atoms with E-state index in [1.807, 2.05) is 18.2 Å². The molecule has 0 fully saturated rings. The van der Waals surface area contributed by atoms with Crippen molar-refractivity contribution < 1.29 is 0 Å². The van der Waals surface area contributed by atoms with E-state index in [1.165, 1.54) is 4.46 Å². The Kier molecular flexibility index (Phi) is 2.77. The minimum atomic E-state index is 1.11. The molecule has 0 aliphatic rings. The monoisotopic (exact) mass is 314 g/mol. The molecule has 0 heterocycles. The molecule has 3 heteroatoms. The summed E-state index contributed by atoms with van der Waals surface area (Å²) in [4.78, 5) is 0. The number of hydrogen-bond donors (Lipinski definition) is 0. The average molecular weight is 315 g/mol. The van der Waals surface area contributed by atoms with E-state index in [0.717, 1.165) is 8.95 Å². The molecule has 0 saturated carbocycles. The van der Waals surface area contributed by atoms with Gasteiger partial charge in [0.05, 0.1) is 0 Å². The summed E-state index contributed by atoms with van der Waals surface area (Å²) in [5.41, 5.74) is 0. The van der Waals surface area contributed by atoms with Crippen LogP contribution in [0.5, 0.6) is 0 Å². The Hall–Kier alpha value is 0.699. The van der Waals surface area contributed by atoms with Crippen molar-refractivity contribution in [2.24, 2.45) is 0 Å². The third-order valence-corrected chi connectivity index (χ3v) is 3.54. The molecule has 0 unspecified atom stereocenters. The zero-order chi connectivity index (χ0) is 6.85. The predicted molar refractivity (Wildman–Crippen MR) is 48.6 cm³/mol. The van der Waals surface area contributed by atoms with Gasteiger partial charge in [0, 0.05) is 0 Å². The Labute approximate surface area is 79.1 Å². The fourth-order valence-electron chi connectivity index (χ4n) is 0.486. The molecule has 1 rings (SSSR count). The summed E-state index contributed by atoms with van der Waals surface area (Å²) in [6.07, 6.45) is 0. The molecule has 0 bridgehead atoms. The van der Waals surface area contributed by atoms with Crippen molar-refractivity contribution in [2.75, 3.05) is 0 Å². The van der Waals surface area contributed by atoms with Crippen molar-refractivity contribution in [3.63, 3.8) is 0 Å². The first-order chi connectivity index (χ1) is 4.20. The fourth-order valence-corrected chi connectivity index (χ4v) is 1.93. The van der Waals surface area contributed by atoms with Crippen LogP contribution >= 0.6 is 31.9 Å². The van der Waals surface area contributed by atoms with E-state index in [-0.39, 0.29) is 0 Å². The maximum absolute atomic E-state index is 3.39. The van der Waals surface area contributed by atoms with Crippen LogP contribution < -0.4 is 4.46 Å². The molecule has 1 aromatic carbocycles. The Morgan fingerprint density at radius 2 is 1.89 bits per heavy atom. The van der Waals surface area contributed by atoms with Gasteiger partial charge < -0.3 is 0 Å². The first kappa shape index (κ1) is 7.80. The molecule has 0 atom stereocenters. The molecule has 0 radical (unpaired) electrons. The summed E-state index contributed by atoms with van der Waals surface area (Å²) in [7, 11) is 0. The first-order valence-electron chi connectivity index (χ1n) is 2.34. The van der Waals surface area contributed by atoms with E-state index in [1.54, 1.807) is 0 Å². The Bertz CT molecular complexity index is 222. The van der Waals surface area contributed by atoms with E-state index >= 15 is 0 Å². The molecule has 0 saturated heterocycles. The Balaban J connectivity index is 3.17. The van der Waals surface area contributed by atoms with Gasteiger partial charge in [-0.25, -0.2) is 0 Å². The molecule has 0 spiro atoms. The van der Waals surface area contributed by atoms with Gasteiger partial charge in [-0.2, -0.15) is 0 Å². The summed E-state index contributed by atoms with van der Waals surface area (Å²) in [6, 6.07) is 6.06. The number of hydrogen-bond acceptors (Lipinski definition) is 0. The summed E-state index contributed by atoms with van der Waals surface area (Å²) < 4.78 is 3.43. The van der Waals surface area contributed by atoms with E-state index in [2.05, 4.69) is 47.9 Å². The average Bonchev–Trinajstić information content (AvgIpc) is 1.80. The van der Waals surface area contributed by atoms with Crippen molar-refractivity contribution >= 4 is 52.3 Å². The van der Waals surface area contributed by atoms with Crippen LogP contribution in [-0.4, -0.2) is 16.0 Å². The van der Waals surface area contributed by atoms with Gasteiger partial charge >= 0.3 is 79.5 Å². The second-order valence-electron chi connectivity index (χ2n) is 1.60. The van der Waals surface area contributed by atoms with Gasteiger partial charge in [-0.15, -0.1) is 0 Å². The van der Waals surface area contributed by atoms with Crippen molar-refractivity contribution in [1.29, 1.82) is 0 Å². The SMILES string of the molecule is [SeH]c1cc(Br)ccc1Br. The number of rotatable bonds is 0. The molecule has 0 aliphatic carbocycles. The molecule has 0 aliphatic heterocycles. The second-order valence-corrected chi connectivity index (χ2v) is 4.38. The van der Waals surface area contributed by atoms with Gasteiger partial charge in [-0.3, -0.25) is 0 Å². The molecular weight excluding hydrogens is 311 g/mol. The molecule has 1 aromatic rings. The summed E-state index contributed by atoms with van der Waals surface area (Å²) >= 11 is 9.26. The third kappa shape index (κ3) is 2.08. The van der Waals surface area contributed by atoms with Crippen LogP contribution in [0, 0.1) is 0 Å². The van der Waals surface area contributed by atoms with Crippen LogP contribution in [0.15, 0.2) is 27.1 Å². The van der Waals surface area contributed by atoms with Crippen molar-refractivity contribution in [3.8, 4) is 0 Å². The van der Waals surface area contributed by atoms with Crippen molar-refractivity contribution in [1.82, 2.24) is 0 Å². The van der Waals surface area contributed by atoms with Crippen LogP contribution in [0.3, 0.4) is 0 Å². The number of benzene rings is 1. The quantitative estimate of drug-likeness (QED) is 0.640. The van der Waals surface area contributed by atoms with Gasteiger partial charge in [-0.05, 0) is 0 Å². The second kappa shape index (κ2) is 3.20. The molecule has 0 aromatic heterocycles. The van der Waals surface area contributed by atoms with E-state index in [4.69, 9.17) is 0 Å². The maximum atomic E-state index is 3.39. The van der Waals surface area contributed by atoms with Crippen LogP contribution in [0.2, 0.25) is 0 Å². The van der Waals surface area contributed by atoms with E-state index < -0.39 is 0 Å². The normalized spacial score (nSPS) is 9.67. The van der Waals surface area contributed by atoms with Crippen LogP contribution in [0.1, 0.15) is 0 Å². The standard InChI is InChI=1S/C6H4Br2Se/c7-4-1-2-5(8)6(9)3-4/h1-3,9H. The summed E-state index contributed by atoms with van der Waals surface area (Å²) in [6.45, 7) is 0.